The molecule has 0 unspecified atom stereocenters. The fourth-order valence-electron chi connectivity index (χ4n) is 3.77. The second-order valence-corrected chi connectivity index (χ2v) is 8.58. The number of halogens is 2. The van der Waals surface area contributed by atoms with Gasteiger partial charge in [-0.15, -0.1) is 0 Å². The van der Waals surface area contributed by atoms with E-state index in [4.69, 9.17) is 23.2 Å². The second-order valence-electron chi connectivity index (χ2n) is 7.74. The van der Waals surface area contributed by atoms with E-state index in [1.807, 2.05) is 4.90 Å². The standard InChI is InChI=1S/C20H21Cl2N5O3/c1-10-4-6-27(7-5-10)20-25-17-16(19(30)26-20)12(9-15(28)24-17)18(29)23-14-8-11(21)2-3-13(14)22/h2-3,8,10,12H,4-7,9H2,1H3,(H,23,29)(H2,24,25,26,28,30)/t12-/m0/s1. The molecule has 30 heavy (non-hydrogen) atoms. The maximum Gasteiger partial charge on any atom is 0.258 e. The molecule has 3 N–H and O–H groups in total. The summed E-state index contributed by atoms with van der Waals surface area (Å²) in [5.41, 5.74) is 0.00971. The van der Waals surface area contributed by atoms with Gasteiger partial charge in [0.05, 0.1) is 22.2 Å². The van der Waals surface area contributed by atoms with Gasteiger partial charge < -0.3 is 15.5 Å². The predicted molar refractivity (Wildman–Crippen MR) is 117 cm³/mol. The van der Waals surface area contributed by atoms with Gasteiger partial charge in [0.1, 0.15) is 5.82 Å². The lowest BCUT2D eigenvalue weighted by Gasteiger charge is -2.31. The van der Waals surface area contributed by atoms with Crippen LogP contribution in [0.25, 0.3) is 0 Å². The molecule has 3 heterocycles. The van der Waals surface area contributed by atoms with Crippen LogP contribution in [-0.4, -0.2) is 34.9 Å². The average Bonchev–Trinajstić information content (AvgIpc) is 2.70. The smallest absolute Gasteiger partial charge is 0.258 e. The number of hydrogen-bond donors (Lipinski definition) is 3. The molecule has 4 rings (SSSR count). The summed E-state index contributed by atoms with van der Waals surface area (Å²) in [6, 6.07) is 4.66. The van der Waals surface area contributed by atoms with Gasteiger partial charge >= 0.3 is 0 Å². The topological polar surface area (TPSA) is 107 Å². The zero-order valence-corrected chi connectivity index (χ0v) is 17.8. The number of H-pyrrole nitrogens is 1. The number of fused-ring (bicyclic) bond motifs is 1. The van der Waals surface area contributed by atoms with Crippen molar-refractivity contribution in [3.63, 3.8) is 0 Å². The van der Waals surface area contributed by atoms with Crippen LogP contribution in [0.4, 0.5) is 17.5 Å². The monoisotopic (exact) mass is 449 g/mol. The van der Waals surface area contributed by atoms with Gasteiger partial charge in [-0.1, -0.05) is 30.1 Å². The molecule has 0 spiro atoms. The minimum absolute atomic E-state index is 0.126. The third kappa shape index (κ3) is 4.15. The molecule has 0 bridgehead atoms. The molecule has 10 heteroatoms. The molecule has 1 atom stereocenters. The lowest BCUT2D eigenvalue weighted by Crippen LogP contribution is -2.39. The summed E-state index contributed by atoms with van der Waals surface area (Å²) in [4.78, 5) is 47.3. The van der Waals surface area contributed by atoms with Gasteiger partial charge in [-0.3, -0.25) is 19.4 Å². The molecule has 2 amide bonds. The molecule has 0 aliphatic carbocycles. The summed E-state index contributed by atoms with van der Waals surface area (Å²) in [5, 5.41) is 6.00. The summed E-state index contributed by atoms with van der Waals surface area (Å²) in [5.74, 6) is -0.740. The van der Waals surface area contributed by atoms with Gasteiger partial charge in [0.25, 0.3) is 5.56 Å². The number of aromatic amines is 1. The summed E-state index contributed by atoms with van der Waals surface area (Å²) in [6.07, 6.45) is 1.83. The molecular formula is C20H21Cl2N5O3. The number of benzene rings is 1. The minimum Gasteiger partial charge on any atom is -0.342 e. The van der Waals surface area contributed by atoms with E-state index in [0.717, 1.165) is 25.9 Å². The SMILES string of the molecule is CC1CCN(c2nc3c(c(=O)[nH]2)[C@@H](C(=O)Nc2cc(Cl)ccc2Cl)CC(=O)N3)CC1. The van der Waals surface area contributed by atoms with Crippen LogP contribution in [0.2, 0.25) is 10.0 Å². The van der Waals surface area contributed by atoms with E-state index in [1.165, 1.54) is 6.07 Å². The van der Waals surface area contributed by atoms with E-state index in [1.54, 1.807) is 12.1 Å². The number of rotatable bonds is 3. The predicted octanol–water partition coefficient (Wildman–Crippen LogP) is 3.38. The molecular weight excluding hydrogens is 429 g/mol. The Balaban J connectivity index is 1.64. The zero-order valence-electron chi connectivity index (χ0n) is 16.3. The third-order valence-electron chi connectivity index (χ3n) is 5.52. The molecule has 1 fully saturated rings. The van der Waals surface area contributed by atoms with Crippen LogP contribution in [-0.2, 0) is 9.59 Å². The van der Waals surface area contributed by atoms with Crippen molar-refractivity contribution in [2.24, 2.45) is 5.92 Å². The number of nitrogens with zero attached hydrogens (tertiary/aromatic N) is 2. The lowest BCUT2D eigenvalue weighted by molar-refractivity contribution is -0.123. The Hall–Kier alpha value is -2.58. The van der Waals surface area contributed by atoms with Gasteiger partial charge in [0.2, 0.25) is 17.8 Å². The van der Waals surface area contributed by atoms with Gasteiger partial charge in [-0.25, -0.2) is 0 Å². The maximum absolute atomic E-state index is 12.9. The molecule has 1 aromatic heterocycles. The van der Waals surface area contributed by atoms with Crippen molar-refractivity contribution >= 4 is 52.5 Å². The fraction of sp³-hybridized carbons (Fsp3) is 0.400. The first-order chi connectivity index (χ1) is 14.3. The van der Waals surface area contributed by atoms with E-state index < -0.39 is 17.4 Å². The Morgan fingerprint density at radius 3 is 2.70 bits per heavy atom. The molecule has 2 aliphatic heterocycles. The van der Waals surface area contributed by atoms with Crippen molar-refractivity contribution in [2.45, 2.75) is 32.1 Å². The highest BCUT2D eigenvalue weighted by molar-refractivity contribution is 6.35. The van der Waals surface area contributed by atoms with E-state index in [2.05, 4.69) is 27.5 Å². The van der Waals surface area contributed by atoms with Crippen molar-refractivity contribution < 1.29 is 9.59 Å². The molecule has 0 radical (unpaired) electrons. The van der Waals surface area contributed by atoms with E-state index in [-0.39, 0.29) is 23.7 Å². The Bertz CT molecular complexity index is 1060. The van der Waals surface area contributed by atoms with Gasteiger partial charge in [0, 0.05) is 24.5 Å². The number of nitrogens with one attached hydrogen (secondary N) is 3. The molecule has 8 nitrogen and oxygen atoms in total. The van der Waals surface area contributed by atoms with Gasteiger partial charge in [-0.05, 0) is 37.0 Å². The average molecular weight is 450 g/mol. The largest absolute Gasteiger partial charge is 0.342 e. The highest BCUT2D eigenvalue weighted by Gasteiger charge is 2.35. The summed E-state index contributed by atoms with van der Waals surface area (Å²) < 4.78 is 0. The number of carbonyl (C=O) groups is 2. The van der Waals surface area contributed by atoms with Crippen LogP contribution in [0.1, 0.15) is 37.7 Å². The normalized spacial score (nSPS) is 19.2. The number of carbonyl (C=O) groups excluding carboxylic acids is 2. The Morgan fingerprint density at radius 2 is 1.97 bits per heavy atom. The molecule has 2 aromatic rings. The number of aromatic nitrogens is 2. The van der Waals surface area contributed by atoms with Crippen LogP contribution < -0.4 is 21.1 Å². The molecule has 1 saturated heterocycles. The van der Waals surface area contributed by atoms with Crippen LogP contribution in [0.15, 0.2) is 23.0 Å². The third-order valence-corrected chi connectivity index (χ3v) is 6.09. The van der Waals surface area contributed by atoms with E-state index in [9.17, 15) is 14.4 Å². The second kappa shape index (κ2) is 8.28. The Kier molecular flexibility index (Phi) is 5.71. The van der Waals surface area contributed by atoms with E-state index >= 15 is 0 Å². The van der Waals surface area contributed by atoms with Crippen LogP contribution in [0.5, 0.6) is 0 Å². The van der Waals surface area contributed by atoms with Gasteiger partial charge in [0.15, 0.2) is 0 Å². The van der Waals surface area contributed by atoms with Crippen molar-refractivity contribution in [2.75, 3.05) is 28.6 Å². The first-order valence-electron chi connectivity index (χ1n) is 9.76. The number of piperidine rings is 1. The van der Waals surface area contributed by atoms with Crippen LogP contribution in [0.3, 0.4) is 0 Å². The highest BCUT2D eigenvalue weighted by atomic mass is 35.5. The maximum atomic E-state index is 12.9. The van der Waals surface area contributed by atoms with Crippen LogP contribution in [0, 0.1) is 5.92 Å². The van der Waals surface area contributed by atoms with Gasteiger partial charge in [-0.2, -0.15) is 4.98 Å². The first kappa shape index (κ1) is 20.7. The Labute approximate surface area is 183 Å². The summed E-state index contributed by atoms with van der Waals surface area (Å²) in [6.45, 7) is 3.73. The van der Waals surface area contributed by atoms with Crippen molar-refractivity contribution in [3.8, 4) is 0 Å². The van der Waals surface area contributed by atoms with Crippen molar-refractivity contribution in [1.82, 2.24) is 9.97 Å². The quantitative estimate of drug-likeness (QED) is 0.665. The number of hydrogen-bond acceptors (Lipinski definition) is 5. The highest BCUT2D eigenvalue weighted by Crippen LogP contribution is 2.32. The lowest BCUT2D eigenvalue weighted by atomic mass is 9.92. The van der Waals surface area contributed by atoms with E-state index in [0.29, 0.717) is 27.6 Å². The van der Waals surface area contributed by atoms with Crippen molar-refractivity contribution in [3.05, 3.63) is 44.2 Å². The minimum atomic E-state index is -0.990. The molecule has 158 valence electrons. The summed E-state index contributed by atoms with van der Waals surface area (Å²) >= 11 is 12.1. The first-order valence-corrected chi connectivity index (χ1v) is 10.5. The van der Waals surface area contributed by atoms with Crippen LogP contribution >= 0.6 is 23.2 Å². The number of amides is 2. The van der Waals surface area contributed by atoms with Crippen molar-refractivity contribution in [1.29, 1.82) is 0 Å². The molecule has 1 aromatic carbocycles. The Morgan fingerprint density at radius 1 is 1.23 bits per heavy atom. The fourth-order valence-corrected chi connectivity index (χ4v) is 4.10. The molecule has 2 aliphatic rings. The summed E-state index contributed by atoms with van der Waals surface area (Å²) in [7, 11) is 0. The molecule has 0 saturated carbocycles. The number of anilines is 3. The zero-order chi connectivity index (χ0) is 21.4.